The summed E-state index contributed by atoms with van der Waals surface area (Å²) in [7, 11) is 1.41. The fourth-order valence-electron chi connectivity index (χ4n) is 3.16. The van der Waals surface area contributed by atoms with Crippen LogP contribution < -0.4 is 21.1 Å². The second-order valence-electron chi connectivity index (χ2n) is 7.20. The fraction of sp³-hybridized carbons (Fsp3) is 0.238. The molecule has 4 N–H and O–H groups in total. The van der Waals surface area contributed by atoms with E-state index in [-0.39, 0.29) is 44.3 Å². The first kappa shape index (κ1) is 21.1. The Bertz CT molecular complexity index is 1200. The lowest BCUT2D eigenvalue weighted by Gasteiger charge is -2.16. The zero-order valence-corrected chi connectivity index (χ0v) is 18.0. The van der Waals surface area contributed by atoms with Gasteiger partial charge in [0.25, 0.3) is 11.8 Å². The van der Waals surface area contributed by atoms with Gasteiger partial charge in [-0.3, -0.25) is 9.59 Å². The van der Waals surface area contributed by atoms with Crippen LogP contribution in [0.3, 0.4) is 0 Å². The minimum Gasteiger partial charge on any atom is -0.495 e. The molecule has 0 radical (unpaired) electrons. The fourth-order valence-corrected chi connectivity index (χ4v) is 3.77. The monoisotopic (exact) mass is 459 g/mol. The van der Waals surface area contributed by atoms with E-state index in [1.165, 1.54) is 19.5 Å². The molecule has 10 heteroatoms. The van der Waals surface area contributed by atoms with Crippen LogP contribution >= 0.6 is 23.2 Å². The number of benzene rings is 2. The molecular weight excluding hydrogens is 441 g/mol. The summed E-state index contributed by atoms with van der Waals surface area (Å²) in [5.74, 6) is 0.0733. The van der Waals surface area contributed by atoms with E-state index in [0.29, 0.717) is 23.4 Å². The van der Waals surface area contributed by atoms with Crippen LogP contribution in [0.4, 0.5) is 11.5 Å². The first-order valence-corrected chi connectivity index (χ1v) is 10.3. The number of hydrogen-bond donors (Lipinski definition) is 3. The summed E-state index contributed by atoms with van der Waals surface area (Å²) in [5, 5.41) is 6.17. The second kappa shape index (κ2) is 8.56. The topological polar surface area (TPSA) is 119 Å². The quantitative estimate of drug-likeness (QED) is 0.513. The predicted molar refractivity (Wildman–Crippen MR) is 120 cm³/mol. The van der Waals surface area contributed by atoms with Gasteiger partial charge < -0.3 is 21.1 Å². The van der Waals surface area contributed by atoms with E-state index < -0.39 is 5.91 Å². The average molecular weight is 460 g/mol. The third-order valence-electron chi connectivity index (χ3n) is 5.06. The molecule has 0 spiro atoms. The van der Waals surface area contributed by atoms with Gasteiger partial charge in [-0.05, 0) is 37.0 Å². The van der Waals surface area contributed by atoms with Crippen molar-refractivity contribution in [2.75, 3.05) is 24.7 Å². The molecule has 2 amide bonds. The van der Waals surface area contributed by atoms with Crippen LogP contribution in [-0.4, -0.2) is 35.4 Å². The summed E-state index contributed by atoms with van der Waals surface area (Å²) >= 11 is 12.9. The van der Waals surface area contributed by atoms with Gasteiger partial charge in [-0.15, -0.1) is 0 Å². The maximum Gasteiger partial charge on any atom is 0.257 e. The summed E-state index contributed by atoms with van der Waals surface area (Å²) < 4.78 is 5.28. The maximum atomic E-state index is 13.1. The number of amides is 2. The van der Waals surface area contributed by atoms with Crippen LogP contribution in [0.1, 0.15) is 33.6 Å². The highest BCUT2D eigenvalue weighted by molar-refractivity contribution is 6.43. The molecule has 31 heavy (non-hydrogen) atoms. The first-order chi connectivity index (χ1) is 14.9. The third kappa shape index (κ3) is 4.22. The highest BCUT2D eigenvalue weighted by Gasteiger charge is 2.26. The zero-order valence-electron chi connectivity index (χ0n) is 16.5. The average Bonchev–Trinajstić information content (AvgIpc) is 3.59. The number of para-hydroxylation sites is 1. The summed E-state index contributed by atoms with van der Waals surface area (Å²) in [6.45, 7) is 0.568. The van der Waals surface area contributed by atoms with Gasteiger partial charge in [-0.25, -0.2) is 9.97 Å². The van der Waals surface area contributed by atoms with Gasteiger partial charge in [0.2, 0.25) is 0 Å². The Morgan fingerprint density at radius 3 is 2.65 bits per heavy atom. The standard InChI is InChI=1S/C21H19Cl2N5O3/c1-31-14-7-13(20(29)25-8-10-5-6-10)15(22)18(16(14)23)28-21(30)12-4-2-3-11-17(12)26-9-27-19(11)24/h2-4,7,9-10H,5-6,8H2,1H3,(H,25,29)(H,28,30)(H2,24,26,27). The van der Waals surface area contributed by atoms with Crippen molar-refractivity contribution >= 4 is 57.4 Å². The van der Waals surface area contributed by atoms with E-state index in [1.807, 2.05) is 0 Å². The van der Waals surface area contributed by atoms with Crippen molar-refractivity contribution in [3.8, 4) is 5.75 Å². The molecule has 0 unspecified atom stereocenters. The van der Waals surface area contributed by atoms with Crippen molar-refractivity contribution in [3.05, 3.63) is 51.8 Å². The highest BCUT2D eigenvalue weighted by Crippen LogP contribution is 2.41. The van der Waals surface area contributed by atoms with Crippen LogP contribution in [0.25, 0.3) is 10.9 Å². The Morgan fingerprint density at radius 2 is 1.94 bits per heavy atom. The Kier molecular flexibility index (Phi) is 5.84. The van der Waals surface area contributed by atoms with Gasteiger partial charge in [-0.1, -0.05) is 29.3 Å². The predicted octanol–water partition coefficient (Wildman–Crippen LogP) is 3.92. The van der Waals surface area contributed by atoms with Crippen molar-refractivity contribution < 1.29 is 14.3 Å². The summed E-state index contributed by atoms with van der Waals surface area (Å²) in [6, 6.07) is 6.43. The number of ether oxygens (including phenoxy) is 1. The Hall–Kier alpha value is -3.10. The number of carbonyl (C=O) groups is 2. The molecule has 1 aliphatic rings. The number of nitrogens with zero attached hydrogens (tertiary/aromatic N) is 2. The smallest absolute Gasteiger partial charge is 0.257 e. The van der Waals surface area contributed by atoms with Gasteiger partial charge in [0.05, 0.1) is 34.5 Å². The molecule has 1 aromatic heterocycles. The molecule has 1 saturated carbocycles. The van der Waals surface area contributed by atoms with E-state index in [4.69, 9.17) is 33.7 Å². The Labute approximate surface area is 188 Å². The number of methoxy groups -OCH3 is 1. The van der Waals surface area contributed by atoms with E-state index in [0.717, 1.165) is 12.8 Å². The van der Waals surface area contributed by atoms with Crippen molar-refractivity contribution in [2.24, 2.45) is 5.92 Å². The van der Waals surface area contributed by atoms with Crippen molar-refractivity contribution in [2.45, 2.75) is 12.8 Å². The van der Waals surface area contributed by atoms with Crippen molar-refractivity contribution in [1.82, 2.24) is 15.3 Å². The van der Waals surface area contributed by atoms with Crippen LogP contribution in [0, 0.1) is 5.92 Å². The zero-order chi connectivity index (χ0) is 22.1. The molecule has 1 aliphatic carbocycles. The SMILES string of the molecule is COc1cc(C(=O)NCC2CC2)c(Cl)c(NC(=O)c2cccc3c(N)ncnc23)c1Cl. The highest BCUT2D eigenvalue weighted by atomic mass is 35.5. The first-order valence-electron chi connectivity index (χ1n) is 9.55. The lowest BCUT2D eigenvalue weighted by atomic mass is 10.1. The van der Waals surface area contributed by atoms with Gasteiger partial charge in [0.1, 0.15) is 22.9 Å². The molecule has 2 aromatic carbocycles. The normalized spacial score (nSPS) is 13.1. The Balaban J connectivity index is 1.70. The van der Waals surface area contributed by atoms with Gasteiger partial charge in [0.15, 0.2) is 0 Å². The van der Waals surface area contributed by atoms with E-state index >= 15 is 0 Å². The minimum atomic E-state index is -0.523. The summed E-state index contributed by atoms with van der Waals surface area (Å²) in [4.78, 5) is 33.8. The number of carbonyl (C=O) groups excluding carboxylic acids is 2. The Morgan fingerprint density at radius 1 is 1.16 bits per heavy atom. The molecule has 1 heterocycles. The largest absolute Gasteiger partial charge is 0.495 e. The third-order valence-corrected chi connectivity index (χ3v) is 5.83. The van der Waals surface area contributed by atoms with Crippen LogP contribution in [-0.2, 0) is 0 Å². The number of nitrogens with one attached hydrogen (secondary N) is 2. The molecule has 3 aromatic rings. The van der Waals surface area contributed by atoms with Gasteiger partial charge >= 0.3 is 0 Å². The number of aromatic nitrogens is 2. The van der Waals surface area contributed by atoms with E-state index in [1.54, 1.807) is 18.2 Å². The maximum absolute atomic E-state index is 13.1. The van der Waals surface area contributed by atoms with Crippen LogP contribution in [0.15, 0.2) is 30.6 Å². The van der Waals surface area contributed by atoms with Crippen molar-refractivity contribution in [1.29, 1.82) is 0 Å². The molecular formula is C21H19Cl2N5O3. The number of rotatable bonds is 6. The number of nitrogens with two attached hydrogens (primary N) is 1. The molecule has 4 rings (SSSR count). The number of fused-ring (bicyclic) bond motifs is 1. The second-order valence-corrected chi connectivity index (χ2v) is 7.95. The molecule has 160 valence electrons. The minimum absolute atomic E-state index is 0.0156. The van der Waals surface area contributed by atoms with E-state index in [2.05, 4.69) is 20.6 Å². The van der Waals surface area contributed by atoms with Gasteiger partial charge in [-0.2, -0.15) is 0 Å². The lowest BCUT2D eigenvalue weighted by Crippen LogP contribution is -2.26. The summed E-state index contributed by atoms with van der Waals surface area (Å²) in [6.07, 6.45) is 3.47. The van der Waals surface area contributed by atoms with E-state index in [9.17, 15) is 9.59 Å². The molecule has 0 bridgehead atoms. The van der Waals surface area contributed by atoms with Crippen LogP contribution in [0.5, 0.6) is 5.75 Å². The molecule has 0 aliphatic heterocycles. The molecule has 8 nitrogen and oxygen atoms in total. The molecule has 0 saturated heterocycles. The number of anilines is 2. The van der Waals surface area contributed by atoms with Gasteiger partial charge in [0, 0.05) is 11.9 Å². The molecule has 1 fully saturated rings. The number of hydrogen-bond acceptors (Lipinski definition) is 6. The number of halogens is 2. The van der Waals surface area contributed by atoms with Crippen LogP contribution in [0.2, 0.25) is 10.0 Å². The van der Waals surface area contributed by atoms with Crippen molar-refractivity contribution in [3.63, 3.8) is 0 Å². The lowest BCUT2D eigenvalue weighted by molar-refractivity contribution is 0.0950. The molecule has 0 atom stereocenters. The number of nitrogen functional groups attached to an aromatic ring is 1. The summed E-state index contributed by atoms with van der Waals surface area (Å²) in [5.41, 5.74) is 6.74.